The highest BCUT2D eigenvalue weighted by atomic mass is 16.3. The van der Waals surface area contributed by atoms with Crippen molar-refractivity contribution >= 4 is 0 Å². The van der Waals surface area contributed by atoms with Crippen molar-refractivity contribution in [3.05, 3.63) is 12.7 Å². The molecule has 0 amide bonds. The van der Waals surface area contributed by atoms with Gasteiger partial charge in [0.05, 0.1) is 12.2 Å². The summed E-state index contributed by atoms with van der Waals surface area (Å²) in [7, 11) is 0. The lowest BCUT2D eigenvalue weighted by Gasteiger charge is -2.47. The Labute approximate surface area is 72.9 Å². The number of fused-ring (bicyclic) bond motifs is 1. The molecule has 2 fully saturated rings. The van der Waals surface area contributed by atoms with Crippen LogP contribution in [0.2, 0.25) is 0 Å². The predicted molar refractivity (Wildman–Crippen MR) is 46.5 cm³/mol. The molecule has 0 heterocycles. The molecule has 2 N–H and O–H groups in total. The highest BCUT2D eigenvalue weighted by molar-refractivity contribution is 5.06. The summed E-state index contributed by atoms with van der Waals surface area (Å²) >= 11 is 0. The van der Waals surface area contributed by atoms with E-state index in [4.69, 9.17) is 0 Å². The molecule has 0 radical (unpaired) electrons. The fourth-order valence-corrected chi connectivity index (χ4v) is 2.92. The van der Waals surface area contributed by atoms with Crippen molar-refractivity contribution in [1.82, 2.24) is 0 Å². The average Bonchev–Trinajstić information content (AvgIpc) is 2.48. The van der Waals surface area contributed by atoms with Crippen LogP contribution in [0.15, 0.2) is 12.7 Å². The Bertz CT molecular complexity index is 190. The summed E-state index contributed by atoms with van der Waals surface area (Å²) in [5.41, 5.74) is 0. The van der Waals surface area contributed by atoms with Gasteiger partial charge in [-0.3, -0.25) is 0 Å². The van der Waals surface area contributed by atoms with Crippen LogP contribution in [-0.2, 0) is 0 Å². The van der Waals surface area contributed by atoms with Crippen molar-refractivity contribution in [1.29, 1.82) is 0 Å². The summed E-state index contributed by atoms with van der Waals surface area (Å²) in [5, 5.41) is 19.2. The zero-order chi connectivity index (χ0) is 8.72. The second-order valence-corrected chi connectivity index (χ2v) is 4.05. The number of aliphatic hydroxyl groups is 2. The van der Waals surface area contributed by atoms with Gasteiger partial charge in [0, 0.05) is 5.92 Å². The Morgan fingerprint density at radius 3 is 2.67 bits per heavy atom. The van der Waals surface area contributed by atoms with E-state index in [1.165, 1.54) is 12.8 Å². The second kappa shape index (κ2) is 2.86. The lowest BCUT2D eigenvalue weighted by atomic mass is 9.62. The summed E-state index contributed by atoms with van der Waals surface area (Å²) in [5.74, 6) is 1.12. The van der Waals surface area contributed by atoms with E-state index in [1.807, 2.05) is 0 Å². The molecule has 0 unspecified atom stereocenters. The zero-order valence-corrected chi connectivity index (χ0v) is 7.19. The van der Waals surface area contributed by atoms with Gasteiger partial charge < -0.3 is 10.2 Å². The van der Waals surface area contributed by atoms with Crippen LogP contribution in [0.25, 0.3) is 0 Å². The quantitative estimate of drug-likeness (QED) is 0.602. The van der Waals surface area contributed by atoms with Gasteiger partial charge in [0.15, 0.2) is 0 Å². The molecule has 2 rings (SSSR count). The van der Waals surface area contributed by atoms with Crippen molar-refractivity contribution < 1.29 is 10.2 Å². The maximum Gasteiger partial charge on any atom is 0.0774 e. The van der Waals surface area contributed by atoms with Gasteiger partial charge in [-0.25, -0.2) is 0 Å². The first kappa shape index (κ1) is 8.27. The third kappa shape index (κ3) is 0.947. The van der Waals surface area contributed by atoms with Gasteiger partial charge in [-0.1, -0.05) is 12.5 Å². The van der Waals surface area contributed by atoms with Crippen LogP contribution < -0.4 is 0 Å². The van der Waals surface area contributed by atoms with E-state index in [-0.39, 0.29) is 12.0 Å². The lowest BCUT2D eigenvalue weighted by Crippen LogP contribution is -2.53. The van der Waals surface area contributed by atoms with Crippen molar-refractivity contribution in [2.45, 2.75) is 31.5 Å². The molecule has 0 bridgehead atoms. The molecule has 0 aliphatic heterocycles. The standard InChI is InChI=1S/C10H16O2/c1-2-8(11)9-6-4-3-5-7(6)10(9)12/h2,6-12H,1,3-5H2/t6-,7+,8-,9-,10+/m0/s1. The number of hydrogen-bond acceptors (Lipinski definition) is 2. The first-order valence-corrected chi connectivity index (χ1v) is 4.74. The molecule has 0 saturated heterocycles. The Morgan fingerprint density at radius 1 is 1.33 bits per heavy atom. The van der Waals surface area contributed by atoms with Gasteiger partial charge in [-0.05, 0) is 24.7 Å². The monoisotopic (exact) mass is 168 g/mol. The fraction of sp³-hybridized carbons (Fsp3) is 0.800. The molecule has 2 aliphatic rings. The summed E-state index contributed by atoms with van der Waals surface area (Å²) in [6.45, 7) is 3.55. The van der Waals surface area contributed by atoms with E-state index in [0.29, 0.717) is 11.8 Å². The SMILES string of the molecule is C=C[C@H](O)[C@H]1[C@H](O)[C@@H]2CCC[C@@H]21. The Morgan fingerprint density at radius 2 is 2.00 bits per heavy atom. The van der Waals surface area contributed by atoms with Gasteiger partial charge in [0.1, 0.15) is 0 Å². The van der Waals surface area contributed by atoms with Crippen LogP contribution in [-0.4, -0.2) is 22.4 Å². The van der Waals surface area contributed by atoms with Crippen LogP contribution >= 0.6 is 0 Å². The second-order valence-electron chi connectivity index (χ2n) is 4.05. The van der Waals surface area contributed by atoms with Crippen LogP contribution in [0.3, 0.4) is 0 Å². The molecule has 2 saturated carbocycles. The average molecular weight is 168 g/mol. The zero-order valence-electron chi connectivity index (χ0n) is 7.19. The van der Waals surface area contributed by atoms with Gasteiger partial charge in [0.25, 0.3) is 0 Å². The maximum absolute atomic E-state index is 9.67. The van der Waals surface area contributed by atoms with E-state index in [1.54, 1.807) is 6.08 Å². The van der Waals surface area contributed by atoms with Crippen molar-refractivity contribution in [2.75, 3.05) is 0 Å². The van der Waals surface area contributed by atoms with E-state index in [2.05, 4.69) is 6.58 Å². The van der Waals surface area contributed by atoms with Crippen molar-refractivity contribution in [3.8, 4) is 0 Å². The maximum atomic E-state index is 9.67. The minimum absolute atomic E-state index is 0.0787. The highest BCUT2D eigenvalue weighted by Gasteiger charge is 2.53. The molecule has 2 heteroatoms. The minimum Gasteiger partial charge on any atom is -0.392 e. The third-order valence-corrected chi connectivity index (χ3v) is 3.59. The molecular formula is C10H16O2. The molecular weight excluding hydrogens is 152 g/mol. The highest BCUT2D eigenvalue weighted by Crippen LogP contribution is 2.52. The smallest absolute Gasteiger partial charge is 0.0774 e. The Hall–Kier alpha value is -0.340. The minimum atomic E-state index is -0.501. The molecule has 0 aromatic carbocycles. The first-order valence-electron chi connectivity index (χ1n) is 4.74. The molecule has 5 atom stereocenters. The molecule has 0 aromatic heterocycles. The first-order chi connectivity index (χ1) is 5.75. The summed E-state index contributed by atoms with van der Waals surface area (Å²) < 4.78 is 0. The van der Waals surface area contributed by atoms with Gasteiger partial charge in [-0.2, -0.15) is 0 Å². The molecule has 2 aliphatic carbocycles. The van der Waals surface area contributed by atoms with Crippen molar-refractivity contribution in [2.24, 2.45) is 17.8 Å². The van der Waals surface area contributed by atoms with Gasteiger partial charge >= 0.3 is 0 Å². The lowest BCUT2D eigenvalue weighted by molar-refractivity contribution is -0.124. The van der Waals surface area contributed by atoms with Crippen molar-refractivity contribution in [3.63, 3.8) is 0 Å². The van der Waals surface area contributed by atoms with Crippen LogP contribution in [0, 0.1) is 17.8 Å². The molecule has 0 aromatic rings. The van der Waals surface area contributed by atoms with Crippen LogP contribution in [0.5, 0.6) is 0 Å². The summed E-state index contributed by atoms with van der Waals surface area (Å²) in [6.07, 6.45) is 4.31. The number of rotatable bonds is 2. The summed E-state index contributed by atoms with van der Waals surface area (Å²) in [4.78, 5) is 0. The number of aliphatic hydroxyl groups excluding tert-OH is 2. The number of hydrogen-bond donors (Lipinski definition) is 2. The largest absolute Gasteiger partial charge is 0.392 e. The van der Waals surface area contributed by atoms with E-state index in [9.17, 15) is 10.2 Å². The normalized spacial score (nSPS) is 47.8. The third-order valence-electron chi connectivity index (χ3n) is 3.59. The Kier molecular flexibility index (Phi) is 1.97. The predicted octanol–water partition coefficient (Wildman–Crippen LogP) is 0.940. The van der Waals surface area contributed by atoms with Crippen LogP contribution in [0.4, 0.5) is 0 Å². The summed E-state index contributed by atoms with van der Waals surface area (Å²) in [6, 6.07) is 0. The fourth-order valence-electron chi connectivity index (χ4n) is 2.92. The molecule has 12 heavy (non-hydrogen) atoms. The molecule has 68 valence electrons. The van der Waals surface area contributed by atoms with E-state index in [0.717, 1.165) is 6.42 Å². The van der Waals surface area contributed by atoms with Gasteiger partial charge in [-0.15, -0.1) is 6.58 Å². The topological polar surface area (TPSA) is 40.5 Å². The molecule has 0 spiro atoms. The van der Waals surface area contributed by atoms with Gasteiger partial charge in [0.2, 0.25) is 0 Å². The van der Waals surface area contributed by atoms with Crippen LogP contribution in [0.1, 0.15) is 19.3 Å². The molecule has 2 nitrogen and oxygen atoms in total. The van der Waals surface area contributed by atoms with E-state index < -0.39 is 6.10 Å². The Balaban J connectivity index is 2.04. The van der Waals surface area contributed by atoms with E-state index >= 15 is 0 Å².